The van der Waals surface area contributed by atoms with Crippen LogP contribution in [-0.2, 0) is 4.79 Å². The molecule has 1 amide bonds. The standard InChI is InChI=1S/C23H30N4O.HI/c1-4-24-23(25-14-17(3)18-9-7-8-16(2)12-18)26-15-19-13-22(28)27-21-11-6-5-10-20(19)21;/h5-12,17,19H,4,13-15H2,1-3H3,(H,27,28)(H2,24,25,26);1H. The molecule has 29 heavy (non-hydrogen) atoms. The van der Waals surface area contributed by atoms with E-state index in [1.165, 1.54) is 16.7 Å². The third-order valence-electron chi connectivity index (χ3n) is 5.10. The van der Waals surface area contributed by atoms with Crippen molar-refractivity contribution in [2.45, 2.75) is 39.0 Å². The highest BCUT2D eigenvalue weighted by Crippen LogP contribution is 2.31. The number of amides is 1. The summed E-state index contributed by atoms with van der Waals surface area (Å²) in [4.78, 5) is 16.8. The summed E-state index contributed by atoms with van der Waals surface area (Å²) in [5.74, 6) is 1.35. The summed E-state index contributed by atoms with van der Waals surface area (Å²) in [6.07, 6.45) is 0.489. The number of para-hydroxylation sites is 1. The van der Waals surface area contributed by atoms with Crippen molar-refractivity contribution < 1.29 is 4.79 Å². The lowest BCUT2D eigenvalue weighted by molar-refractivity contribution is -0.116. The van der Waals surface area contributed by atoms with E-state index in [0.29, 0.717) is 25.4 Å². The summed E-state index contributed by atoms with van der Waals surface area (Å²) in [7, 11) is 0. The van der Waals surface area contributed by atoms with E-state index in [9.17, 15) is 4.79 Å². The first-order chi connectivity index (χ1) is 13.6. The topological polar surface area (TPSA) is 65.5 Å². The Balaban J connectivity index is 0.00000300. The zero-order valence-electron chi connectivity index (χ0n) is 17.4. The molecule has 0 aliphatic carbocycles. The number of benzene rings is 2. The van der Waals surface area contributed by atoms with Crippen molar-refractivity contribution in [1.29, 1.82) is 0 Å². The summed E-state index contributed by atoms with van der Waals surface area (Å²) >= 11 is 0. The van der Waals surface area contributed by atoms with Crippen LogP contribution in [0.2, 0.25) is 0 Å². The summed E-state index contributed by atoms with van der Waals surface area (Å²) in [5.41, 5.74) is 4.67. The van der Waals surface area contributed by atoms with Gasteiger partial charge in [0.1, 0.15) is 0 Å². The maximum atomic E-state index is 12.0. The Morgan fingerprint density at radius 3 is 2.76 bits per heavy atom. The van der Waals surface area contributed by atoms with Crippen LogP contribution in [0.15, 0.2) is 53.5 Å². The lowest BCUT2D eigenvalue weighted by atomic mass is 9.90. The van der Waals surface area contributed by atoms with Gasteiger partial charge in [0.25, 0.3) is 0 Å². The minimum Gasteiger partial charge on any atom is -0.357 e. The largest absolute Gasteiger partial charge is 0.357 e. The van der Waals surface area contributed by atoms with E-state index in [-0.39, 0.29) is 35.8 Å². The van der Waals surface area contributed by atoms with Crippen LogP contribution in [0.4, 0.5) is 5.69 Å². The van der Waals surface area contributed by atoms with Crippen molar-refractivity contribution in [3.05, 3.63) is 65.2 Å². The van der Waals surface area contributed by atoms with Crippen LogP contribution in [0.1, 0.15) is 48.8 Å². The Kier molecular flexibility index (Phi) is 8.95. The van der Waals surface area contributed by atoms with Crippen molar-refractivity contribution in [3.8, 4) is 0 Å². The lowest BCUT2D eigenvalue weighted by Gasteiger charge is -2.26. The van der Waals surface area contributed by atoms with Gasteiger partial charge in [-0.2, -0.15) is 0 Å². The molecule has 2 atom stereocenters. The van der Waals surface area contributed by atoms with Gasteiger partial charge in [0.05, 0.1) is 0 Å². The zero-order valence-corrected chi connectivity index (χ0v) is 19.7. The van der Waals surface area contributed by atoms with Crippen molar-refractivity contribution >= 4 is 41.5 Å². The Bertz CT molecular complexity index is 852. The van der Waals surface area contributed by atoms with Crippen LogP contribution in [0.3, 0.4) is 0 Å². The molecule has 0 saturated carbocycles. The minimum atomic E-state index is 0. The molecule has 2 aromatic carbocycles. The highest BCUT2D eigenvalue weighted by atomic mass is 127. The second-order valence-corrected chi connectivity index (χ2v) is 7.45. The van der Waals surface area contributed by atoms with Crippen LogP contribution in [0.25, 0.3) is 0 Å². The molecule has 0 fully saturated rings. The summed E-state index contributed by atoms with van der Waals surface area (Å²) in [6.45, 7) is 8.55. The second-order valence-electron chi connectivity index (χ2n) is 7.45. The fraction of sp³-hybridized carbons (Fsp3) is 0.391. The third-order valence-corrected chi connectivity index (χ3v) is 5.10. The number of halogens is 1. The number of guanidine groups is 1. The van der Waals surface area contributed by atoms with Crippen LogP contribution in [-0.4, -0.2) is 31.5 Å². The molecule has 1 aliphatic rings. The Hall–Kier alpha value is -2.09. The Morgan fingerprint density at radius 2 is 2.00 bits per heavy atom. The van der Waals surface area contributed by atoms with Crippen LogP contribution < -0.4 is 16.0 Å². The predicted molar refractivity (Wildman–Crippen MR) is 131 cm³/mol. The van der Waals surface area contributed by atoms with Gasteiger partial charge in [-0.05, 0) is 31.0 Å². The predicted octanol–water partition coefficient (Wildman–Crippen LogP) is 4.40. The molecule has 156 valence electrons. The van der Waals surface area contributed by atoms with Gasteiger partial charge in [0.2, 0.25) is 5.91 Å². The number of hydrogen-bond donors (Lipinski definition) is 3. The smallest absolute Gasteiger partial charge is 0.225 e. The quantitative estimate of drug-likeness (QED) is 0.309. The molecule has 0 saturated heterocycles. The number of anilines is 1. The number of fused-ring (bicyclic) bond motifs is 1. The fourth-order valence-corrected chi connectivity index (χ4v) is 3.56. The first kappa shape index (κ1) is 23.2. The lowest BCUT2D eigenvalue weighted by Crippen LogP contribution is -2.41. The highest BCUT2D eigenvalue weighted by Gasteiger charge is 2.24. The monoisotopic (exact) mass is 506 g/mol. The van der Waals surface area contributed by atoms with E-state index in [2.05, 4.69) is 67.1 Å². The number of nitrogens with zero attached hydrogens (tertiary/aromatic N) is 1. The molecule has 5 nitrogen and oxygen atoms in total. The molecule has 1 aliphatic heterocycles. The molecular formula is C23H31IN4O. The van der Waals surface area contributed by atoms with E-state index >= 15 is 0 Å². The van der Waals surface area contributed by atoms with Gasteiger partial charge in [-0.1, -0.05) is 55.0 Å². The van der Waals surface area contributed by atoms with Gasteiger partial charge in [-0.15, -0.1) is 24.0 Å². The van der Waals surface area contributed by atoms with Gasteiger partial charge in [0.15, 0.2) is 5.96 Å². The van der Waals surface area contributed by atoms with E-state index in [1.807, 2.05) is 18.2 Å². The summed E-state index contributed by atoms with van der Waals surface area (Å²) in [5, 5.41) is 9.70. The van der Waals surface area contributed by atoms with Gasteiger partial charge >= 0.3 is 0 Å². The van der Waals surface area contributed by atoms with Crippen LogP contribution in [0, 0.1) is 6.92 Å². The number of nitrogens with one attached hydrogen (secondary N) is 3. The number of carbonyl (C=O) groups is 1. The summed E-state index contributed by atoms with van der Waals surface area (Å²) < 4.78 is 0. The molecule has 0 spiro atoms. The van der Waals surface area contributed by atoms with E-state index in [4.69, 9.17) is 4.99 Å². The molecule has 3 N–H and O–H groups in total. The Labute approximate surface area is 190 Å². The average molecular weight is 506 g/mol. The normalized spacial score (nSPS) is 16.9. The maximum absolute atomic E-state index is 12.0. The number of hydrogen-bond acceptors (Lipinski definition) is 2. The number of carbonyl (C=O) groups excluding carboxylic acids is 1. The van der Waals surface area contributed by atoms with Gasteiger partial charge in [-0.3, -0.25) is 9.79 Å². The molecule has 0 bridgehead atoms. The van der Waals surface area contributed by atoms with Crippen LogP contribution in [0.5, 0.6) is 0 Å². The van der Waals surface area contributed by atoms with Gasteiger partial charge in [0, 0.05) is 43.6 Å². The fourth-order valence-electron chi connectivity index (χ4n) is 3.56. The van der Waals surface area contributed by atoms with E-state index < -0.39 is 0 Å². The van der Waals surface area contributed by atoms with Crippen molar-refractivity contribution in [1.82, 2.24) is 10.6 Å². The third kappa shape index (κ3) is 6.45. The highest BCUT2D eigenvalue weighted by molar-refractivity contribution is 14.0. The first-order valence-corrected chi connectivity index (χ1v) is 10.0. The molecule has 0 radical (unpaired) electrons. The molecular weight excluding hydrogens is 475 g/mol. The molecule has 3 rings (SSSR count). The number of rotatable bonds is 6. The zero-order chi connectivity index (χ0) is 19.9. The second kappa shape index (κ2) is 11.2. The van der Waals surface area contributed by atoms with Crippen LogP contribution >= 0.6 is 24.0 Å². The minimum absolute atomic E-state index is 0. The van der Waals surface area contributed by atoms with Gasteiger partial charge in [-0.25, -0.2) is 0 Å². The maximum Gasteiger partial charge on any atom is 0.225 e. The van der Waals surface area contributed by atoms with Gasteiger partial charge < -0.3 is 16.0 Å². The van der Waals surface area contributed by atoms with E-state index in [0.717, 1.165) is 18.2 Å². The SMILES string of the molecule is CCNC(=NCC(C)c1cccc(C)c1)NCC1CC(=O)Nc2ccccc21.I. The Morgan fingerprint density at radius 1 is 1.21 bits per heavy atom. The van der Waals surface area contributed by atoms with Crippen molar-refractivity contribution in [2.24, 2.45) is 4.99 Å². The molecule has 1 heterocycles. The number of aryl methyl sites for hydroxylation is 1. The molecule has 6 heteroatoms. The molecule has 0 aromatic heterocycles. The molecule has 2 aromatic rings. The average Bonchev–Trinajstić information content (AvgIpc) is 2.69. The number of aliphatic imine (C=N–C) groups is 1. The molecule has 2 unspecified atom stereocenters. The summed E-state index contributed by atoms with van der Waals surface area (Å²) in [6, 6.07) is 16.6. The first-order valence-electron chi connectivity index (χ1n) is 10.0. The van der Waals surface area contributed by atoms with Crippen molar-refractivity contribution in [3.63, 3.8) is 0 Å². The van der Waals surface area contributed by atoms with E-state index in [1.54, 1.807) is 0 Å². The van der Waals surface area contributed by atoms with Crippen molar-refractivity contribution in [2.75, 3.05) is 25.0 Å².